The van der Waals surface area contributed by atoms with Crippen LogP contribution in [-0.4, -0.2) is 24.2 Å². The van der Waals surface area contributed by atoms with Gasteiger partial charge in [-0.15, -0.1) is 0 Å². The van der Waals surface area contributed by atoms with Gasteiger partial charge < -0.3 is 4.74 Å². The highest BCUT2D eigenvalue weighted by Crippen LogP contribution is 2.22. The van der Waals surface area contributed by atoms with Gasteiger partial charge in [-0.3, -0.25) is 14.8 Å². The zero-order chi connectivity index (χ0) is 15.9. The van der Waals surface area contributed by atoms with Gasteiger partial charge >= 0.3 is 5.97 Å². The van der Waals surface area contributed by atoms with Gasteiger partial charge in [-0.25, -0.2) is 0 Å². The highest BCUT2D eigenvalue weighted by molar-refractivity contribution is 5.94. The number of hydrogen-bond acceptors (Lipinski definition) is 4. The van der Waals surface area contributed by atoms with Gasteiger partial charge in [0.15, 0.2) is 0 Å². The molecule has 0 fully saturated rings. The van der Waals surface area contributed by atoms with E-state index in [4.69, 9.17) is 0 Å². The van der Waals surface area contributed by atoms with Crippen LogP contribution in [0.5, 0.6) is 0 Å². The lowest BCUT2D eigenvalue weighted by Crippen LogP contribution is -2.26. The first-order chi connectivity index (χ1) is 10.6. The molecule has 0 aromatic heterocycles. The van der Waals surface area contributed by atoms with Crippen LogP contribution >= 0.6 is 0 Å². The Morgan fingerprint density at radius 3 is 2.45 bits per heavy atom. The summed E-state index contributed by atoms with van der Waals surface area (Å²) in [6.45, 7) is 0. The van der Waals surface area contributed by atoms with Gasteiger partial charge in [-0.05, 0) is 35.7 Å². The number of methoxy groups -OCH3 is 1. The van der Waals surface area contributed by atoms with Crippen molar-refractivity contribution < 1.29 is 19.5 Å². The molecule has 0 heterocycles. The molecule has 2 rings (SSSR count). The Morgan fingerprint density at radius 1 is 1.05 bits per heavy atom. The number of anilines is 1. The number of nitrogens with zero attached hydrogens (tertiary/aromatic N) is 1. The van der Waals surface area contributed by atoms with Gasteiger partial charge in [0.25, 0.3) is 5.91 Å². The van der Waals surface area contributed by atoms with Crippen LogP contribution < -0.4 is 5.06 Å². The molecule has 5 nitrogen and oxygen atoms in total. The third-order valence-electron chi connectivity index (χ3n) is 3.46. The number of carbonyl (C=O) groups is 2. The summed E-state index contributed by atoms with van der Waals surface area (Å²) in [5.41, 5.74) is 0.441. The number of hydroxylamine groups is 1. The number of rotatable bonds is 6. The molecule has 0 saturated carbocycles. The second-order valence-electron chi connectivity index (χ2n) is 5.02. The van der Waals surface area contributed by atoms with Crippen LogP contribution in [0.4, 0.5) is 5.69 Å². The quantitative estimate of drug-likeness (QED) is 0.385. The van der Waals surface area contributed by atoms with Crippen LogP contribution in [0.1, 0.15) is 25.7 Å². The van der Waals surface area contributed by atoms with Gasteiger partial charge in [-0.2, -0.15) is 5.06 Å². The monoisotopic (exact) mass is 301 g/mol. The molecule has 0 aliphatic rings. The summed E-state index contributed by atoms with van der Waals surface area (Å²) < 4.78 is 4.53. The molecule has 22 heavy (non-hydrogen) atoms. The largest absolute Gasteiger partial charge is 0.469 e. The zero-order valence-corrected chi connectivity index (χ0v) is 12.5. The fourth-order valence-corrected chi connectivity index (χ4v) is 2.21. The lowest BCUT2D eigenvalue weighted by atomic mass is 10.1. The standard InChI is InChI=1S/C17H19NO4/c1-22-17(20)9-5-4-8-16(19)18(21)15-11-10-13-6-2-3-7-14(13)12-15/h2-3,6-7,10-12,21H,4-5,8-9H2,1H3. The molecule has 5 heteroatoms. The van der Waals surface area contributed by atoms with Crippen LogP contribution in [0.25, 0.3) is 10.8 Å². The topological polar surface area (TPSA) is 66.8 Å². The average molecular weight is 301 g/mol. The molecule has 0 unspecified atom stereocenters. The van der Waals surface area contributed by atoms with E-state index in [9.17, 15) is 14.8 Å². The van der Waals surface area contributed by atoms with Crippen LogP contribution in [0.15, 0.2) is 42.5 Å². The van der Waals surface area contributed by atoms with Gasteiger partial charge in [0, 0.05) is 12.8 Å². The minimum absolute atomic E-state index is 0.181. The van der Waals surface area contributed by atoms with E-state index in [-0.39, 0.29) is 24.7 Å². The normalized spacial score (nSPS) is 10.5. The van der Waals surface area contributed by atoms with E-state index in [1.807, 2.05) is 30.3 Å². The van der Waals surface area contributed by atoms with E-state index < -0.39 is 0 Å². The first-order valence-corrected chi connectivity index (χ1v) is 7.19. The number of ether oxygens (including phenoxy) is 1. The number of carbonyl (C=O) groups excluding carboxylic acids is 2. The molecule has 1 N–H and O–H groups in total. The van der Waals surface area contributed by atoms with E-state index in [1.165, 1.54) is 7.11 Å². The van der Waals surface area contributed by atoms with Crippen molar-refractivity contribution >= 4 is 28.3 Å². The number of esters is 1. The minimum atomic E-state index is -0.389. The van der Waals surface area contributed by atoms with Crippen LogP contribution in [0.2, 0.25) is 0 Å². The maximum Gasteiger partial charge on any atom is 0.305 e. The van der Waals surface area contributed by atoms with Crippen LogP contribution in [-0.2, 0) is 14.3 Å². The smallest absolute Gasteiger partial charge is 0.305 e. The van der Waals surface area contributed by atoms with E-state index in [2.05, 4.69) is 4.74 Å². The number of benzene rings is 2. The van der Waals surface area contributed by atoms with Crippen LogP contribution in [0.3, 0.4) is 0 Å². The van der Waals surface area contributed by atoms with Crippen LogP contribution in [0, 0.1) is 0 Å². The Labute approximate surface area is 129 Å². The Bertz CT molecular complexity index is 669. The molecule has 0 bridgehead atoms. The Kier molecular flexibility index (Phi) is 5.49. The maximum absolute atomic E-state index is 12.0. The van der Waals surface area contributed by atoms with Gasteiger partial charge in [0.2, 0.25) is 0 Å². The Morgan fingerprint density at radius 2 is 1.73 bits per heavy atom. The van der Waals surface area contributed by atoms with Gasteiger partial charge in [-0.1, -0.05) is 30.3 Å². The maximum atomic E-state index is 12.0. The molecule has 0 spiro atoms. The highest BCUT2D eigenvalue weighted by atomic mass is 16.5. The molecule has 0 aliphatic carbocycles. The molecule has 0 radical (unpaired) electrons. The minimum Gasteiger partial charge on any atom is -0.469 e. The van der Waals surface area contributed by atoms with E-state index in [0.29, 0.717) is 23.6 Å². The summed E-state index contributed by atoms with van der Waals surface area (Å²) in [5, 5.41) is 12.7. The molecule has 2 aromatic carbocycles. The summed E-state index contributed by atoms with van der Waals surface area (Å²) in [7, 11) is 1.34. The summed E-state index contributed by atoms with van der Waals surface area (Å²) in [6.07, 6.45) is 1.55. The fourth-order valence-electron chi connectivity index (χ4n) is 2.21. The molecule has 1 amide bonds. The van der Waals surface area contributed by atoms with Crippen molar-refractivity contribution in [2.24, 2.45) is 0 Å². The molecule has 0 saturated heterocycles. The predicted octanol–water partition coefficient (Wildman–Crippen LogP) is 3.30. The molecule has 0 atom stereocenters. The Balaban J connectivity index is 1.92. The number of hydrogen-bond donors (Lipinski definition) is 1. The average Bonchev–Trinajstić information content (AvgIpc) is 2.57. The van der Waals surface area contributed by atoms with Crippen molar-refractivity contribution in [2.45, 2.75) is 25.7 Å². The summed E-state index contributed by atoms with van der Waals surface area (Å²) >= 11 is 0. The van der Waals surface area contributed by atoms with E-state index >= 15 is 0 Å². The summed E-state index contributed by atoms with van der Waals surface area (Å²) in [6, 6.07) is 13.1. The van der Waals surface area contributed by atoms with Crippen molar-refractivity contribution in [1.29, 1.82) is 0 Å². The lowest BCUT2D eigenvalue weighted by molar-refractivity contribution is -0.140. The summed E-state index contributed by atoms with van der Waals surface area (Å²) in [5.74, 6) is -0.678. The molecular weight excluding hydrogens is 282 g/mol. The second kappa shape index (κ2) is 7.56. The van der Waals surface area contributed by atoms with Gasteiger partial charge in [0.05, 0.1) is 12.8 Å². The molecule has 2 aromatic rings. The van der Waals surface area contributed by atoms with Crippen molar-refractivity contribution in [3.8, 4) is 0 Å². The third kappa shape index (κ3) is 4.05. The van der Waals surface area contributed by atoms with Crippen molar-refractivity contribution in [3.63, 3.8) is 0 Å². The fraction of sp³-hybridized carbons (Fsp3) is 0.294. The molecule has 116 valence electrons. The zero-order valence-electron chi connectivity index (χ0n) is 12.5. The predicted molar refractivity (Wildman–Crippen MR) is 83.7 cm³/mol. The van der Waals surface area contributed by atoms with Crippen molar-refractivity contribution in [1.82, 2.24) is 0 Å². The highest BCUT2D eigenvalue weighted by Gasteiger charge is 2.13. The Hall–Kier alpha value is -2.40. The molecule has 0 aliphatic heterocycles. The third-order valence-corrected chi connectivity index (χ3v) is 3.46. The van der Waals surface area contributed by atoms with Crippen molar-refractivity contribution in [2.75, 3.05) is 12.2 Å². The second-order valence-corrected chi connectivity index (χ2v) is 5.02. The SMILES string of the molecule is COC(=O)CCCCC(=O)N(O)c1ccc2ccccc2c1. The summed E-state index contributed by atoms with van der Waals surface area (Å²) in [4.78, 5) is 22.9. The molecular formula is C17H19NO4. The number of amides is 1. The van der Waals surface area contributed by atoms with Gasteiger partial charge in [0.1, 0.15) is 0 Å². The first-order valence-electron chi connectivity index (χ1n) is 7.19. The van der Waals surface area contributed by atoms with E-state index in [0.717, 1.165) is 10.8 Å². The lowest BCUT2D eigenvalue weighted by Gasteiger charge is -2.15. The first kappa shape index (κ1) is 16.0. The van der Waals surface area contributed by atoms with E-state index in [1.54, 1.807) is 12.1 Å². The number of unbranched alkanes of at least 4 members (excludes halogenated alkanes) is 1. The van der Waals surface area contributed by atoms with Crippen molar-refractivity contribution in [3.05, 3.63) is 42.5 Å². The number of fused-ring (bicyclic) bond motifs is 1.